The van der Waals surface area contributed by atoms with Gasteiger partial charge < -0.3 is 4.74 Å². The zero-order chi connectivity index (χ0) is 16.4. The molecule has 0 saturated heterocycles. The van der Waals surface area contributed by atoms with Crippen LogP contribution in [0.4, 0.5) is 0 Å². The van der Waals surface area contributed by atoms with E-state index < -0.39 is 0 Å². The summed E-state index contributed by atoms with van der Waals surface area (Å²) >= 11 is 3.61. The molecule has 0 bridgehead atoms. The SMILES string of the molecule is CC(C)(C)Cn1nnc2c(Br)c(OCc3ccccc3)ccc21. The molecule has 0 aliphatic heterocycles. The van der Waals surface area contributed by atoms with E-state index in [1.54, 1.807) is 0 Å². The molecule has 3 aromatic rings. The van der Waals surface area contributed by atoms with Crippen LogP contribution in [-0.4, -0.2) is 15.0 Å². The minimum atomic E-state index is 0.148. The minimum absolute atomic E-state index is 0.148. The second-order valence-corrected chi connectivity index (χ2v) is 7.62. The number of rotatable bonds is 4. The fourth-order valence-electron chi connectivity index (χ4n) is 2.40. The Labute approximate surface area is 144 Å². The van der Waals surface area contributed by atoms with Crippen molar-refractivity contribution in [1.82, 2.24) is 15.0 Å². The average Bonchev–Trinajstić information content (AvgIpc) is 2.89. The van der Waals surface area contributed by atoms with Gasteiger partial charge in [-0.25, -0.2) is 4.68 Å². The van der Waals surface area contributed by atoms with Crippen molar-refractivity contribution in [2.24, 2.45) is 5.41 Å². The van der Waals surface area contributed by atoms with Crippen molar-refractivity contribution < 1.29 is 4.74 Å². The van der Waals surface area contributed by atoms with Crippen molar-refractivity contribution in [2.75, 3.05) is 0 Å². The molecule has 0 N–H and O–H groups in total. The fraction of sp³-hybridized carbons (Fsp3) is 0.333. The fourth-order valence-corrected chi connectivity index (χ4v) is 2.93. The molecule has 120 valence electrons. The number of benzene rings is 2. The number of ether oxygens (including phenoxy) is 1. The summed E-state index contributed by atoms with van der Waals surface area (Å²) in [5.41, 5.74) is 3.13. The van der Waals surface area contributed by atoms with E-state index >= 15 is 0 Å². The van der Waals surface area contributed by atoms with Gasteiger partial charge in [0.15, 0.2) is 0 Å². The van der Waals surface area contributed by atoms with E-state index in [0.717, 1.165) is 33.4 Å². The maximum atomic E-state index is 5.92. The van der Waals surface area contributed by atoms with Crippen molar-refractivity contribution in [1.29, 1.82) is 0 Å². The third kappa shape index (κ3) is 3.72. The van der Waals surface area contributed by atoms with Gasteiger partial charge in [0.25, 0.3) is 0 Å². The zero-order valence-electron chi connectivity index (χ0n) is 13.6. The summed E-state index contributed by atoms with van der Waals surface area (Å²) in [7, 11) is 0. The largest absolute Gasteiger partial charge is 0.488 e. The molecule has 0 amide bonds. The third-order valence-electron chi connectivity index (χ3n) is 3.45. The highest BCUT2D eigenvalue weighted by atomic mass is 79.9. The Morgan fingerprint density at radius 1 is 1.09 bits per heavy atom. The van der Waals surface area contributed by atoms with Gasteiger partial charge in [-0.1, -0.05) is 56.3 Å². The van der Waals surface area contributed by atoms with Crippen molar-refractivity contribution in [3.63, 3.8) is 0 Å². The molecule has 0 fully saturated rings. The number of fused-ring (bicyclic) bond motifs is 1. The molecule has 5 heteroatoms. The third-order valence-corrected chi connectivity index (χ3v) is 4.22. The summed E-state index contributed by atoms with van der Waals surface area (Å²) in [5.74, 6) is 0.782. The number of nitrogens with zero attached hydrogens (tertiary/aromatic N) is 3. The summed E-state index contributed by atoms with van der Waals surface area (Å²) in [5, 5.41) is 8.59. The number of hydrogen-bond acceptors (Lipinski definition) is 3. The molecule has 4 nitrogen and oxygen atoms in total. The van der Waals surface area contributed by atoms with E-state index in [-0.39, 0.29) is 5.41 Å². The van der Waals surface area contributed by atoms with Crippen LogP contribution in [0.2, 0.25) is 0 Å². The van der Waals surface area contributed by atoms with Gasteiger partial charge in [-0.2, -0.15) is 0 Å². The quantitative estimate of drug-likeness (QED) is 0.657. The zero-order valence-corrected chi connectivity index (χ0v) is 15.2. The average molecular weight is 374 g/mol. The van der Waals surface area contributed by atoms with Crippen LogP contribution >= 0.6 is 15.9 Å². The van der Waals surface area contributed by atoms with Crippen LogP contribution in [0.15, 0.2) is 46.9 Å². The molecule has 0 atom stereocenters. The van der Waals surface area contributed by atoms with Crippen molar-refractivity contribution >= 4 is 27.0 Å². The lowest BCUT2D eigenvalue weighted by atomic mass is 9.97. The van der Waals surface area contributed by atoms with Gasteiger partial charge in [0.05, 0.1) is 9.99 Å². The highest BCUT2D eigenvalue weighted by Gasteiger charge is 2.17. The monoisotopic (exact) mass is 373 g/mol. The van der Waals surface area contributed by atoms with Crippen LogP contribution in [0, 0.1) is 5.41 Å². The molecule has 0 radical (unpaired) electrons. The first-order valence-electron chi connectivity index (χ1n) is 7.62. The smallest absolute Gasteiger partial charge is 0.136 e. The maximum absolute atomic E-state index is 5.92. The molecule has 1 heterocycles. The van der Waals surface area contributed by atoms with Crippen LogP contribution in [0.1, 0.15) is 26.3 Å². The van der Waals surface area contributed by atoms with Crippen LogP contribution < -0.4 is 4.74 Å². The number of halogens is 1. The van der Waals surface area contributed by atoms with Gasteiger partial charge in [-0.05, 0) is 39.0 Å². The van der Waals surface area contributed by atoms with Crippen molar-refractivity contribution in [3.05, 3.63) is 52.5 Å². The molecule has 23 heavy (non-hydrogen) atoms. The van der Waals surface area contributed by atoms with E-state index in [1.165, 1.54) is 0 Å². The first-order valence-corrected chi connectivity index (χ1v) is 8.42. The molecule has 0 spiro atoms. The van der Waals surface area contributed by atoms with Gasteiger partial charge in [0.2, 0.25) is 0 Å². The molecule has 0 aliphatic carbocycles. The second-order valence-electron chi connectivity index (χ2n) is 6.83. The topological polar surface area (TPSA) is 39.9 Å². The first-order chi connectivity index (χ1) is 10.9. The normalized spacial score (nSPS) is 11.8. The Morgan fingerprint density at radius 2 is 1.83 bits per heavy atom. The van der Waals surface area contributed by atoms with Crippen molar-refractivity contribution in [3.8, 4) is 5.75 Å². The summed E-state index contributed by atoms with van der Waals surface area (Å²) in [6.45, 7) is 7.91. The Morgan fingerprint density at radius 3 is 2.52 bits per heavy atom. The Balaban J connectivity index is 1.85. The van der Waals surface area contributed by atoms with E-state index in [4.69, 9.17) is 4.74 Å². The van der Waals surface area contributed by atoms with Gasteiger partial charge in [0.1, 0.15) is 17.9 Å². The Kier molecular flexibility index (Phi) is 4.39. The molecule has 3 rings (SSSR count). The predicted octanol–water partition coefficient (Wildman–Crippen LogP) is 4.82. The molecular formula is C18H20BrN3O. The van der Waals surface area contributed by atoms with Gasteiger partial charge in [0, 0.05) is 6.54 Å². The van der Waals surface area contributed by atoms with E-state index in [1.807, 2.05) is 47.1 Å². The molecule has 1 aromatic heterocycles. The van der Waals surface area contributed by atoms with E-state index in [2.05, 4.69) is 47.0 Å². The highest BCUT2D eigenvalue weighted by molar-refractivity contribution is 9.10. The summed E-state index contributed by atoms with van der Waals surface area (Å²) < 4.78 is 8.72. The highest BCUT2D eigenvalue weighted by Crippen LogP contribution is 2.33. The number of hydrogen-bond donors (Lipinski definition) is 0. The van der Waals surface area contributed by atoms with Gasteiger partial charge in [-0.15, -0.1) is 5.10 Å². The second kappa shape index (κ2) is 6.32. The lowest BCUT2D eigenvalue weighted by molar-refractivity contribution is 0.304. The van der Waals surface area contributed by atoms with Crippen LogP contribution in [0.5, 0.6) is 5.75 Å². The maximum Gasteiger partial charge on any atom is 0.136 e. The standard InChI is InChI=1S/C18H20BrN3O/c1-18(2,3)12-22-14-9-10-15(16(19)17(14)20-21-22)23-11-13-7-5-4-6-8-13/h4-10H,11-12H2,1-3H3. The summed E-state index contributed by atoms with van der Waals surface area (Å²) in [6, 6.07) is 14.1. The summed E-state index contributed by atoms with van der Waals surface area (Å²) in [6.07, 6.45) is 0. The van der Waals surface area contributed by atoms with Crippen LogP contribution in [-0.2, 0) is 13.2 Å². The molecule has 0 saturated carbocycles. The predicted molar refractivity (Wildman–Crippen MR) is 95.5 cm³/mol. The molecule has 0 aliphatic rings. The molecule has 2 aromatic carbocycles. The Bertz CT molecular complexity index is 806. The number of aromatic nitrogens is 3. The molecule has 0 unspecified atom stereocenters. The minimum Gasteiger partial charge on any atom is -0.488 e. The van der Waals surface area contributed by atoms with Crippen molar-refractivity contribution in [2.45, 2.75) is 33.9 Å². The lowest BCUT2D eigenvalue weighted by Crippen LogP contribution is -2.16. The van der Waals surface area contributed by atoms with E-state index in [9.17, 15) is 0 Å². The van der Waals surface area contributed by atoms with Crippen LogP contribution in [0.3, 0.4) is 0 Å². The van der Waals surface area contributed by atoms with E-state index in [0.29, 0.717) is 6.61 Å². The summed E-state index contributed by atoms with van der Waals surface area (Å²) in [4.78, 5) is 0. The molecular weight excluding hydrogens is 354 g/mol. The Hall–Kier alpha value is -1.88. The van der Waals surface area contributed by atoms with Gasteiger partial charge in [-0.3, -0.25) is 0 Å². The lowest BCUT2D eigenvalue weighted by Gasteiger charge is -2.18. The van der Waals surface area contributed by atoms with Crippen LogP contribution in [0.25, 0.3) is 11.0 Å². The first kappa shape index (κ1) is 16.0. The van der Waals surface area contributed by atoms with Gasteiger partial charge >= 0.3 is 0 Å².